The Morgan fingerprint density at radius 2 is 2.10 bits per heavy atom. The molecule has 0 aromatic heterocycles. The van der Waals surface area contributed by atoms with E-state index in [2.05, 4.69) is 6.58 Å². The van der Waals surface area contributed by atoms with Crippen LogP contribution in [0.3, 0.4) is 0 Å². The van der Waals surface area contributed by atoms with Gasteiger partial charge in [-0.2, -0.15) is 0 Å². The van der Waals surface area contributed by atoms with Gasteiger partial charge in [0, 0.05) is 13.1 Å². The van der Waals surface area contributed by atoms with Crippen LogP contribution in [0, 0.1) is 0 Å². The fraction of sp³-hybridized carbons (Fsp3) is 0.733. The molecule has 114 valence electrons. The van der Waals surface area contributed by atoms with E-state index < -0.39 is 0 Å². The summed E-state index contributed by atoms with van der Waals surface area (Å²) in [6, 6.07) is -0.262. The number of nitrogens with zero attached hydrogens (tertiary/aromatic N) is 2. The van der Waals surface area contributed by atoms with Gasteiger partial charge >= 0.3 is 5.97 Å². The Bertz CT molecular complexity index is 368. The second-order valence-corrected chi connectivity index (χ2v) is 5.25. The SMILES string of the molecule is C=C(C)CN(CC)C(=O)CN1CCCC1C(=O)OCC. The molecule has 1 aliphatic rings. The van der Waals surface area contributed by atoms with E-state index in [1.165, 1.54) is 0 Å². The van der Waals surface area contributed by atoms with Gasteiger partial charge in [-0.3, -0.25) is 14.5 Å². The summed E-state index contributed by atoms with van der Waals surface area (Å²) in [7, 11) is 0. The van der Waals surface area contributed by atoms with Crippen LogP contribution in [0.2, 0.25) is 0 Å². The van der Waals surface area contributed by atoms with Crippen molar-refractivity contribution in [2.75, 3.05) is 32.8 Å². The van der Waals surface area contributed by atoms with Gasteiger partial charge in [0.05, 0.1) is 13.2 Å². The van der Waals surface area contributed by atoms with Crippen LogP contribution in [0.4, 0.5) is 0 Å². The third kappa shape index (κ3) is 4.63. The smallest absolute Gasteiger partial charge is 0.323 e. The maximum atomic E-state index is 12.3. The Hall–Kier alpha value is -1.36. The van der Waals surface area contributed by atoms with E-state index in [1.807, 2.05) is 18.7 Å². The van der Waals surface area contributed by atoms with E-state index in [-0.39, 0.29) is 24.5 Å². The molecule has 0 aliphatic carbocycles. The molecule has 0 N–H and O–H groups in total. The van der Waals surface area contributed by atoms with Gasteiger partial charge in [-0.25, -0.2) is 0 Å². The van der Waals surface area contributed by atoms with Crippen LogP contribution < -0.4 is 0 Å². The third-order valence-corrected chi connectivity index (χ3v) is 3.46. The first kappa shape index (κ1) is 16.7. The van der Waals surface area contributed by atoms with Gasteiger partial charge < -0.3 is 9.64 Å². The number of likely N-dealkylation sites (tertiary alicyclic amines) is 1. The predicted octanol–water partition coefficient (Wildman–Crippen LogP) is 1.44. The van der Waals surface area contributed by atoms with Gasteiger partial charge in [-0.05, 0) is 40.2 Å². The molecule has 1 heterocycles. The molecule has 1 amide bonds. The first-order valence-corrected chi connectivity index (χ1v) is 7.32. The Labute approximate surface area is 121 Å². The summed E-state index contributed by atoms with van der Waals surface area (Å²) in [6.07, 6.45) is 1.71. The number of carbonyl (C=O) groups is 2. The zero-order valence-electron chi connectivity index (χ0n) is 12.9. The van der Waals surface area contributed by atoms with Crippen LogP contribution in [-0.2, 0) is 14.3 Å². The number of esters is 1. The highest BCUT2D eigenvalue weighted by molar-refractivity contribution is 5.81. The zero-order chi connectivity index (χ0) is 15.1. The molecule has 1 aliphatic heterocycles. The van der Waals surface area contributed by atoms with Crippen LogP contribution in [-0.4, -0.2) is 60.5 Å². The minimum atomic E-state index is -0.262. The second kappa shape index (κ2) is 8.04. The van der Waals surface area contributed by atoms with Crippen molar-refractivity contribution in [2.24, 2.45) is 0 Å². The molecule has 0 aromatic carbocycles. The average molecular weight is 282 g/mol. The fourth-order valence-corrected chi connectivity index (χ4v) is 2.50. The van der Waals surface area contributed by atoms with Crippen LogP contribution in [0.25, 0.3) is 0 Å². The van der Waals surface area contributed by atoms with E-state index >= 15 is 0 Å². The highest BCUT2D eigenvalue weighted by Crippen LogP contribution is 2.18. The molecule has 0 saturated carbocycles. The van der Waals surface area contributed by atoms with Crippen molar-refractivity contribution < 1.29 is 14.3 Å². The van der Waals surface area contributed by atoms with E-state index in [9.17, 15) is 9.59 Å². The van der Waals surface area contributed by atoms with Gasteiger partial charge in [0.1, 0.15) is 6.04 Å². The number of hydrogen-bond donors (Lipinski definition) is 0. The second-order valence-electron chi connectivity index (χ2n) is 5.25. The minimum absolute atomic E-state index is 0.0479. The molecule has 1 saturated heterocycles. The summed E-state index contributed by atoms with van der Waals surface area (Å²) in [5, 5.41) is 0. The summed E-state index contributed by atoms with van der Waals surface area (Å²) in [6.45, 7) is 12.2. The Morgan fingerprint density at radius 3 is 2.65 bits per heavy atom. The van der Waals surface area contributed by atoms with Crippen molar-refractivity contribution in [1.29, 1.82) is 0 Å². The van der Waals surface area contributed by atoms with Gasteiger partial charge in [0.2, 0.25) is 5.91 Å². The van der Waals surface area contributed by atoms with Gasteiger partial charge in [0.25, 0.3) is 0 Å². The molecule has 5 nitrogen and oxygen atoms in total. The maximum Gasteiger partial charge on any atom is 0.323 e. The van der Waals surface area contributed by atoms with Gasteiger partial charge in [-0.15, -0.1) is 0 Å². The van der Waals surface area contributed by atoms with Crippen LogP contribution in [0.15, 0.2) is 12.2 Å². The number of likely N-dealkylation sites (N-methyl/N-ethyl adjacent to an activating group) is 1. The molecule has 1 fully saturated rings. The predicted molar refractivity (Wildman–Crippen MR) is 78.3 cm³/mol. The number of carbonyl (C=O) groups excluding carboxylic acids is 2. The summed E-state index contributed by atoms with van der Waals surface area (Å²) in [4.78, 5) is 27.8. The lowest BCUT2D eigenvalue weighted by Gasteiger charge is -2.27. The number of rotatable bonds is 7. The molecule has 1 unspecified atom stereocenters. The highest BCUT2D eigenvalue weighted by Gasteiger charge is 2.33. The molecule has 5 heteroatoms. The van der Waals surface area contributed by atoms with Crippen molar-refractivity contribution in [1.82, 2.24) is 9.80 Å². The molecule has 20 heavy (non-hydrogen) atoms. The molecule has 1 rings (SSSR count). The minimum Gasteiger partial charge on any atom is -0.465 e. The Morgan fingerprint density at radius 1 is 1.40 bits per heavy atom. The summed E-state index contributed by atoms with van der Waals surface area (Å²) in [5.41, 5.74) is 0.962. The normalized spacial score (nSPS) is 18.9. The van der Waals surface area contributed by atoms with E-state index in [0.717, 1.165) is 25.0 Å². The largest absolute Gasteiger partial charge is 0.465 e. The lowest BCUT2D eigenvalue weighted by molar-refractivity contribution is -0.149. The van der Waals surface area contributed by atoms with Crippen molar-refractivity contribution >= 4 is 11.9 Å². The standard InChI is InChI=1S/C15H26N2O3/c1-5-16(10-12(3)4)14(18)11-17-9-7-8-13(17)15(19)20-6-2/h13H,3,5-11H2,1-2,4H3. The van der Waals surface area contributed by atoms with Crippen LogP contribution in [0.5, 0.6) is 0 Å². The number of ether oxygens (including phenoxy) is 1. The fourth-order valence-electron chi connectivity index (χ4n) is 2.50. The van der Waals surface area contributed by atoms with Crippen molar-refractivity contribution in [3.63, 3.8) is 0 Å². The highest BCUT2D eigenvalue weighted by atomic mass is 16.5. The molecule has 1 atom stereocenters. The number of hydrogen-bond acceptors (Lipinski definition) is 4. The van der Waals surface area contributed by atoms with Crippen LogP contribution in [0.1, 0.15) is 33.6 Å². The average Bonchev–Trinajstić information content (AvgIpc) is 2.84. The van der Waals surface area contributed by atoms with Crippen LogP contribution >= 0.6 is 0 Å². The summed E-state index contributed by atoms with van der Waals surface area (Å²) >= 11 is 0. The lowest BCUT2D eigenvalue weighted by atomic mass is 10.2. The molecule has 0 spiro atoms. The third-order valence-electron chi connectivity index (χ3n) is 3.46. The van der Waals surface area contributed by atoms with E-state index in [4.69, 9.17) is 4.74 Å². The number of amides is 1. The zero-order valence-corrected chi connectivity index (χ0v) is 12.9. The summed E-state index contributed by atoms with van der Waals surface area (Å²) in [5.74, 6) is -0.160. The topological polar surface area (TPSA) is 49.9 Å². The first-order chi connectivity index (χ1) is 9.49. The van der Waals surface area contributed by atoms with Gasteiger partial charge in [0.15, 0.2) is 0 Å². The quantitative estimate of drug-likeness (QED) is 0.524. The van der Waals surface area contributed by atoms with E-state index in [0.29, 0.717) is 19.7 Å². The van der Waals surface area contributed by atoms with Crippen molar-refractivity contribution in [2.45, 2.75) is 39.7 Å². The lowest BCUT2D eigenvalue weighted by Crippen LogP contribution is -2.45. The van der Waals surface area contributed by atoms with E-state index in [1.54, 1.807) is 11.8 Å². The first-order valence-electron chi connectivity index (χ1n) is 7.32. The molecule has 0 aromatic rings. The Kier molecular flexibility index (Phi) is 6.71. The van der Waals surface area contributed by atoms with Crippen molar-refractivity contribution in [3.05, 3.63) is 12.2 Å². The van der Waals surface area contributed by atoms with Crippen molar-refractivity contribution in [3.8, 4) is 0 Å². The monoisotopic (exact) mass is 282 g/mol. The molecule has 0 bridgehead atoms. The Balaban J connectivity index is 2.59. The summed E-state index contributed by atoms with van der Waals surface area (Å²) < 4.78 is 5.07. The van der Waals surface area contributed by atoms with Gasteiger partial charge in [-0.1, -0.05) is 12.2 Å². The molecular formula is C15H26N2O3. The maximum absolute atomic E-state index is 12.3. The molecule has 0 radical (unpaired) electrons. The molecular weight excluding hydrogens is 256 g/mol.